The SMILES string of the molecule is CCOC(=O)c1c(N=Cc2c(O)c(OC)cc(Br)c2Br)sc2c1CCCC2. The third kappa shape index (κ3) is 4.07. The zero-order chi connectivity index (χ0) is 19.6. The number of esters is 1. The molecule has 0 radical (unpaired) electrons. The van der Waals surface area contributed by atoms with Crippen molar-refractivity contribution in [2.45, 2.75) is 32.6 Å². The molecule has 3 rings (SSSR count). The second kappa shape index (κ2) is 8.75. The van der Waals surface area contributed by atoms with Crippen molar-refractivity contribution in [3.8, 4) is 11.5 Å². The molecule has 0 saturated carbocycles. The van der Waals surface area contributed by atoms with Crippen molar-refractivity contribution >= 4 is 60.4 Å². The number of rotatable bonds is 5. The predicted octanol–water partition coefficient (Wildman–Crippen LogP) is 5.79. The molecule has 0 aliphatic heterocycles. The molecule has 27 heavy (non-hydrogen) atoms. The van der Waals surface area contributed by atoms with Gasteiger partial charge in [0.25, 0.3) is 0 Å². The van der Waals surface area contributed by atoms with Crippen molar-refractivity contribution in [2.75, 3.05) is 13.7 Å². The molecule has 1 N–H and O–H groups in total. The van der Waals surface area contributed by atoms with Crippen molar-refractivity contribution < 1.29 is 19.4 Å². The summed E-state index contributed by atoms with van der Waals surface area (Å²) in [4.78, 5) is 18.3. The fraction of sp³-hybridized carbons (Fsp3) is 0.368. The molecular weight excluding hydrogens is 498 g/mol. The molecule has 1 aliphatic carbocycles. The lowest BCUT2D eigenvalue weighted by molar-refractivity contribution is 0.0526. The molecule has 1 aromatic heterocycles. The number of ether oxygens (including phenoxy) is 2. The Kier molecular flexibility index (Phi) is 6.60. The summed E-state index contributed by atoms with van der Waals surface area (Å²) in [6.07, 6.45) is 5.56. The molecule has 0 saturated heterocycles. The Morgan fingerprint density at radius 1 is 1.37 bits per heavy atom. The van der Waals surface area contributed by atoms with Crippen molar-refractivity contribution in [1.82, 2.24) is 0 Å². The molecule has 8 heteroatoms. The topological polar surface area (TPSA) is 68.1 Å². The normalized spacial score (nSPS) is 13.6. The van der Waals surface area contributed by atoms with Gasteiger partial charge in [-0.3, -0.25) is 0 Å². The number of phenols is 1. The first-order valence-corrected chi connectivity index (χ1v) is 11.0. The highest BCUT2D eigenvalue weighted by molar-refractivity contribution is 9.13. The van der Waals surface area contributed by atoms with Gasteiger partial charge in [0.05, 0.1) is 24.8 Å². The average Bonchev–Trinajstić information content (AvgIpc) is 3.03. The predicted molar refractivity (Wildman–Crippen MR) is 114 cm³/mol. The van der Waals surface area contributed by atoms with Crippen LogP contribution < -0.4 is 4.74 Å². The van der Waals surface area contributed by atoms with Gasteiger partial charge in [-0.05, 0) is 76.1 Å². The number of halogens is 2. The quantitative estimate of drug-likeness (QED) is 0.403. The summed E-state index contributed by atoms with van der Waals surface area (Å²) in [6.45, 7) is 2.12. The number of hydrogen-bond donors (Lipinski definition) is 1. The minimum atomic E-state index is -0.334. The highest BCUT2D eigenvalue weighted by Crippen LogP contribution is 2.42. The number of thiophene rings is 1. The van der Waals surface area contributed by atoms with E-state index in [2.05, 4.69) is 36.9 Å². The first-order valence-electron chi connectivity index (χ1n) is 8.58. The molecule has 144 valence electrons. The summed E-state index contributed by atoms with van der Waals surface area (Å²) >= 11 is 8.41. The molecule has 5 nitrogen and oxygen atoms in total. The zero-order valence-corrected chi connectivity index (χ0v) is 19.0. The number of carbonyl (C=O) groups is 1. The van der Waals surface area contributed by atoms with E-state index in [4.69, 9.17) is 9.47 Å². The monoisotopic (exact) mass is 515 g/mol. The number of methoxy groups -OCH3 is 1. The largest absolute Gasteiger partial charge is 0.504 e. The Morgan fingerprint density at radius 2 is 2.11 bits per heavy atom. The second-order valence-corrected chi connectivity index (χ2v) is 8.74. The van der Waals surface area contributed by atoms with Gasteiger partial charge in [-0.15, -0.1) is 11.3 Å². The van der Waals surface area contributed by atoms with Crippen LogP contribution in [-0.2, 0) is 17.6 Å². The van der Waals surface area contributed by atoms with Gasteiger partial charge in [0.1, 0.15) is 5.00 Å². The Hall–Kier alpha value is -1.38. The van der Waals surface area contributed by atoms with Crippen LogP contribution in [0.25, 0.3) is 0 Å². The van der Waals surface area contributed by atoms with Crippen LogP contribution in [0.1, 0.15) is 46.1 Å². The van der Waals surface area contributed by atoms with Crippen LogP contribution in [-0.4, -0.2) is 31.0 Å². The lowest BCUT2D eigenvalue weighted by Gasteiger charge is -2.12. The van der Waals surface area contributed by atoms with Crippen LogP contribution in [0.5, 0.6) is 11.5 Å². The van der Waals surface area contributed by atoms with Crippen LogP contribution in [0.4, 0.5) is 5.00 Å². The number of phenolic OH excluding ortho intramolecular Hbond substituents is 1. The summed E-state index contributed by atoms with van der Waals surface area (Å²) in [6, 6.07) is 1.67. The van der Waals surface area contributed by atoms with Gasteiger partial charge in [0.15, 0.2) is 11.5 Å². The lowest BCUT2D eigenvalue weighted by Crippen LogP contribution is -2.09. The number of aromatic hydroxyl groups is 1. The molecule has 1 heterocycles. The maximum Gasteiger partial charge on any atom is 0.341 e. The first kappa shape index (κ1) is 20.4. The average molecular weight is 517 g/mol. The van der Waals surface area contributed by atoms with Crippen LogP contribution in [0.3, 0.4) is 0 Å². The number of benzene rings is 1. The minimum Gasteiger partial charge on any atom is -0.504 e. The maximum atomic E-state index is 12.5. The fourth-order valence-electron chi connectivity index (χ4n) is 3.06. The minimum absolute atomic E-state index is 0.0182. The van der Waals surface area contributed by atoms with E-state index in [1.54, 1.807) is 19.2 Å². The number of hydrogen-bond acceptors (Lipinski definition) is 6. The molecule has 1 aromatic carbocycles. The Bertz CT molecular complexity index is 908. The number of aryl methyl sites for hydroxylation is 1. The van der Waals surface area contributed by atoms with Crippen molar-refractivity contribution in [3.05, 3.63) is 36.6 Å². The fourth-order valence-corrected chi connectivity index (χ4v) is 5.11. The van der Waals surface area contributed by atoms with E-state index in [-0.39, 0.29) is 11.7 Å². The summed E-state index contributed by atoms with van der Waals surface area (Å²) in [7, 11) is 1.49. The molecule has 0 unspecified atom stereocenters. The molecule has 2 aromatic rings. The molecule has 0 bridgehead atoms. The van der Waals surface area contributed by atoms with Gasteiger partial charge in [-0.2, -0.15) is 0 Å². The van der Waals surface area contributed by atoms with E-state index in [9.17, 15) is 9.90 Å². The summed E-state index contributed by atoms with van der Waals surface area (Å²) < 4.78 is 11.8. The van der Waals surface area contributed by atoms with E-state index in [0.717, 1.165) is 35.7 Å². The third-order valence-corrected chi connectivity index (χ3v) is 7.57. The molecule has 0 amide bonds. The summed E-state index contributed by atoms with van der Waals surface area (Å²) in [5.41, 5.74) is 2.10. The zero-order valence-electron chi connectivity index (χ0n) is 15.0. The maximum absolute atomic E-state index is 12.5. The second-order valence-electron chi connectivity index (χ2n) is 6.01. The third-order valence-electron chi connectivity index (χ3n) is 4.36. The number of aliphatic imine (C=N–C) groups is 1. The van der Waals surface area contributed by atoms with Crippen LogP contribution >= 0.6 is 43.2 Å². The molecule has 1 aliphatic rings. The highest BCUT2D eigenvalue weighted by Gasteiger charge is 2.26. The Balaban J connectivity index is 2.07. The lowest BCUT2D eigenvalue weighted by atomic mass is 9.95. The van der Waals surface area contributed by atoms with E-state index in [1.165, 1.54) is 23.3 Å². The van der Waals surface area contributed by atoms with Gasteiger partial charge in [0.2, 0.25) is 0 Å². The van der Waals surface area contributed by atoms with Gasteiger partial charge in [-0.25, -0.2) is 9.79 Å². The van der Waals surface area contributed by atoms with E-state index >= 15 is 0 Å². The molecule has 0 fully saturated rings. The summed E-state index contributed by atoms with van der Waals surface area (Å²) in [5, 5.41) is 11.1. The van der Waals surface area contributed by atoms with E-state index in [0.29, 0.717) is 33.0 Å². The van der Waals surface area contributed by atoms with Crippen molar-refractivity contribution in [3.63, 3.8) is 0 Å². The van der Waals surface area contributed by atoms with Gasteiger partial charge < -0.3 is 14.6 Å². The number of carbonyl (C=O) groups excluding carboxylic acids is 1. The highest BCUT2D eigenvalue weighted by atomic mass is 79.9. The Morgan fingerprint density at radius 3 is 2.81 bits per heavy atom. The number of fused-ring (bicyclic) bond motifs is 1. The number of nitrogens with zero attached hydrogens (tertiary/aromatic N) is 1. The van der Waals surface area contributed by atoms with E-state index < -0.39 is 0 Å². The van der Waals surface area contributed by atoms with Crippen LogP contribution in [0.15, 0.2) is 20.0 Å². The van der Waals surface area contributed by atoms with Crippen LogP contribution in [0, 0.1) is 0 Å². The first-order chi connectivity index (χ1) is 13.0. The standard InChI is InChI=1S/C19H19Br2NO4S/c1-3-26-19(24)15-10-6-4-5-7-14(10)27-18(15)22-9-11-16(21)12(20)8-13(25-2)17(11)23/h8-9,23H,3-7H2,1-2H3. The Labute approximate surface area is 178 Å². The van der Waals surface area contributed by atoms with Crippen molar-refractivity contribution in [2.24, 2.45) is 4.99 Å². The van der Waals surface area contributed by atoms with Crippen molar-refractivity contribution in [1.29, 1.82) is 0 Å². The molecular formula is C19H19Br2NO4S. The van der Waals surface area contributed by atoms with Crippen LogP contribution in [0.2, 0.25) is 0 Å². The molecule has 0 spiro atoms. The van der Waals surface area contributed by atoms with Gasteiger partial charge in [0, 0.05) is 20.0 Å². The van der Waals surface area contributed by atoms with E-state index in [1.807, 2.05) is 0 Å². The van der Waals surface area contributed by atoms with Gasteiger partial charge >= 0.3 is 5.97 Å². The van der Waals surface area contributed by atoms with Gasteiger partial charge in [-0.1, -0.05) is 0 Å². The smallest absolute Gasteiger partial charge is 0.341 e. The summed E-state index contributed by atoms with van der Waals surface area (Å²) in [5.74, 6) is -0.0166. The molecule has 0 atom stereocenters.